The van der Waals surface area contributed by atoms with Crippen molar-refractivity contribution in [2.75, 3.05) is 0 Å². The second-order valence-corrected chi connectivity index (χ2v) is 8.29. The van der Waals surface area contributed by atoms with Crippen molar-refractivity contribution in [3.63, 3.8) is 0 Å². The van der Waals surface area contributed by atoms with Crippen LogP contribution in [-0.2, 0) is 6.42 Å². The van der Waals surface area contributed by atoms with Gasteiger partial charge in [-0.3, -0.25) is 0 Å². The third-order valence-electron chi connectivity index (χ3n) is 5.16. The van der Waals surface area contributed by atoms with E-state index in [2.05, 4.69) is 27.4 Å². The van der Waals surface area contributed by atoms with Crippen molar-refractivity contribution in [1.82, 2.24) is 0 Å². The van der Waals surface area contributed by atoms with Gasteiger partial charge in [0.05, 0.1) is 6.10 Å². The maximum absolute atomic E-state index is 10.5. The van der Waals surface area contributed by atoms with Gasteiger partial charge in [0.1, 0.15) is 0 Å². The molecule has 2 aliphatic carbocycles. The van der Waals surface area contributed by atoms with E-state index in [4.69, 9.17) is 0 Å². The summed E-state index contributed by atoms with van der Waals surface area (Å²) < 4.78 is 1.15. The minimum absolute atomic E-state index is 0.131. The van der Waals surface area contributed by atoms with Gasteiger partial charge in [0, 0.05) is 21.2 Å². The number of halogens is 1. The molecule has 0 radical (unpaired) electrons. The molecule has 0 saturated heterocycles. The molecular formula is C16H23BrOS. The molecule has 2 fully saturated rings. The molecule has 3 heteroatoms. The summed E-state index contributed by atoms with van der Waals surface area (Å²) in [4.78, 5) is 1.31. The fourth-order valence-electron chi connectivity index (χ4n) is 4.09. The van der Waals surface area contributed by atoms with E-state index >= 15 is 0 Å². The Hall–Kier alpha value is 0.140. The molecule has 106 valence electrons. The zero-order valence-corrected chi connectivity index (χ0v) is 13.8. The largest absolute Gasteiger partial charge is 0.392 e. The summed E-state index contributed by atoms with van der Waals surface area (Å²) in [5.74, 6) is 2.44. The molecule has 0 spiro atoms. The van der Waals surface area contributed by atoms with E-state index in [-0.39, 0.29) is 6.10 Å². The summed E-state index contributed by atoms with van der Waals surface area (Å²) in [6, 6.07) is 2.15. The van der Waals surface area contributed by atoms with Crippen LogP contribution < -0.4 is 0 Å². The third kappa shape index (κ3) is 3.43. The average molecular weight is 343 g/mol. The maximum Gasteiger partial charge on any atom is 0.0616 e. The van der Waals surface area contributed by atoms with E-state index in [0.29, 0.717) is 5.92 Å². The summed E-state index contributed by atoms with van der Waals surface area (Å²) in [6.07, 6.45) is 10.3. The summed E-state index contributed by atoms with van der Waals surface area (Å²) in [5.41, 5.74) is 0. The van der Waals surface area contributed by atoms with E-state index in [1.807, 2.05) is 0 Å². The van der Waals surface area contributed by atoms with Crippen LogP contribution in [0.3, 0.4) is 0 Å². The van der Waals surface area contributed by atoms with Crippen LogP contribution in [0.5, 0.6) is 0 Å². The molecule has 2 saturated carbocycles. The maximum atomic E-state index is 10.5. The molecule has 1 heterocycles. The third-order valence-corrected chi connectivity index (χ3v) is 6.88. The standard InChI is InChI=1S/C16H23BrOS/c17-14-8-15(19-10-14)9-16(18)13-6-5-11-3-1-2-4-12(11)7-13/h8,10-13,16,18H,1-7,9H2. The van der Waals surface area contributed by atoms with E-state index in [1.54, 1.807) is 11.3 Å². The monoisotopic (exact) mass is 342 g/mol. The Labute approximate surface area is 128 Å². The van der Waals surface area contributed by atoms with Crippen LogP contribution in [0.15, 0.2) is 15.9 Å². The quantitative estimate of drug-likeness (QED) is 0.817. The lowest BCUT2D eigenvalue weighted by molar-refractivity contribution is 0.0365. The summed E-state index contributed by atoms with van der Waals surface area (Å²) >= 11 is 5.25. The molecule has 4 atom stereocenters. The molecule has 1 N–H and O–H groups in total. The van der Waals surface area contributed by atoms with Crippen LogP contribution >= 0.6 is 27.3 Å². The number of hydrogen-bond acceptors (Lipinski definition) is 2. The lowest BCUT2D eigenvalue weighted by Crippen LogP contribution is -2.34. The van der Waals surface area contributed by atoms with Gasteiger partial charge in [0.15, 0.2) is 0 Å². The van der Waals surface area contributed by atoms with Crippen molar-refractivity contribution >= 4 is 27.3 Å². The van der Waals surface area contributed by atoms with Gasteiger partial charge in [0.25, 0.3) is 0 Å². The Bertz CT molecular complexity index is 417. The predicted molar refractivity (Wildman–Crippen MR) is 84.5 cm³/mol. The number of rotatable bonds is 3. The zero-order valence-electron chi connectivity index (χ0n) is 11.4. The molecule has 0 amide bonds. The Morgan fingerprint density at radius 1 is 1.21 bits per heavy atom. The SMILES string of the molecule is OC(Cc1cc(Br)cs1)C1CCC2CCCCC2C1. The van der Waals surface area contributed by atoms with Gasteiger partial charge in [0.2, 0.25) is 0 Å². The number of thiophene rings is 1. The van der Waals surface area contributed by atoms with Gasteiger partial charge < -0.3 is 5.11 Å². The first kappa shape index (κ1) is 14.1. The average Bonchev–Trinajstić information content (AvgIpc) is 2.83. The van der Waals surface area contributed by atoms with Crippen LogP contribution in [0, 0.1) is 17.8 Å². The molecule has 1 aromatic rings. The molecule has 1 nitrogen and oxygen atoms in total. The molecule has 0 aliphatic heterocycles. The first-order valence-electron chi connectivity index (χ1n) is 7.63. The highest BCUT2D eigenvalue weighted by Gasteiger charge is 2.34. The molecule has 3 rings (SSSR count). The van der Waals surface area contributed by atoms with Crippen molar-refractivity contribution in [3.8, 4) is 0 Å². The molecule has 0 aromatic carbocycles. The fraction of sp³-hybridized carbons (Fsp3) is 0.750. The van der Waals surface area contributed by atoms with Crippen molar-refractivity contribution < 1.29 is 5.11 Å². The highest BCUT2D eigenvalue weighted by molar-refractivity contribution is 9.10. The van der Waals surface area contributed by atoms with E-state index in [9.17, 15) is 5.11 Å². The molecule has 1 aromatic heterocycles. The van der Waals surface area contributed by atoms with Crippen LogP contribution in [-0.4, -0.2) is 11.2 Å². The topological polar surface area (TPSA) is 20.2 Å². The van der Waals surface area contributed by atoms with Gasteiger partial charge >= 0.3 is 0 Å². The first-order chi connectivity index (χ1) is 9.22. The van der Waals surface area contributed by atoms with E-state index in [1.165, 1.54) is 49.8 Å². The van der Waals surface area contributed by atoms with Gasteiger partial charge in [-0.2, -0.15) is 0 Å². The molecule has 2 aliphatic rings. The molecule has 4 unspecified atom stereocenters. The van der Waals surface area contributed by atoms with Crippen molar-refractivity contribution in [2.24, 2.45) is 17.8 Å². The normalized spacial score (nSPS) is 32.8. The van der Waals surface area contributed by atoms with Crippen molar-refractivity contribution in [3.05, 3.63) is 20.8 Å². The number of aliphatic hydroxyl groups is 1. The van der Waals surface area contributed by atoms with Gasteiger partial charge in [-0.05, 0) is 59.0 Å². The Kier molecular flexibility index (Phi) is 4.66. The zero-order chi connectivity index (χ0) is 13.2. The minimum atomic E-state index is -0.131. The van der Waals surface area contributed by atoms with Gasteiger partial charge in [-0.1, -0.05) is 25.7 Å². The van der Waals surface area contributed by atoms with Gasteiger partial charge in [-0.15, -0.1) is 11.3 Å². The summed E-state index contributed by atoms with van der Waals surface area (Å²) in [7, 11) is 0. The smallest absolute Gasteiger partial charge is 0.0616 e. The predicted octanol–water partition coefficient (Wildman–Crippen LogP) is 5.02. The molecule has 19 heavy (non-hydrogen) atoms. The molecular weight excluding hydrogens is 320 g/mol. The summed E-state index contributed by atoms with van der Waals surface area (Å²) in [6.45, 7) is 0. The van der Waals surface area contributed by atoms with Gasteiger partial charge in [-0.25, -0.2) is 0 Å². The van der Waals surface area contributed by atoms with Crippen LogP contribution in [0.4, 0.5) is 0 Å². The van der Waals surface area contributed by atoms with Crippen molar-refractivity contribution in [1.29, 1.82) is 0 Å². The van der Waals surface area contributed by atoms with Crippen LogP contribution in [0.25, 0.3) is 0 Å². The van der Waals surface area contributed by atoms with Crippen molar-refractivity contribution in [2.45, 2.75) is 57.5 Å². The lowest BCUT2D eigenvalue weighted by atomic mass is 9.66. The Morgan fingerprint density at radius 3 is 2.74 bits per heavy atom. The van der Waals surface area contributed by atoms with Crippen LogP contribution in [0.2, 0.25) is 0 Å². The molecule has 0 bridgehead atoms. The van der Waals surface area contributed by atoms with Crippen LogP contribution in [0.1, 0.15) is 49.8 Å². The Balaban J connectivity index is 1.56. The first-order valence-corrected chi connectivity index (χ1v) is 9.30. The fourth-order valence-corrected chi connectivity index (χ4v) is 5.60. The summed E-state index contributed by atoms with van der Waals surface area (Å²) in [5, 5.41) is 12.6. The number of aliphatic hydroxyl groups excluding tert-OH is 1. The van der Waals surface area contributed by atoms with E-state index in [0.717, 1.165) is 22.7 Å². The number of fused-ring (bicyclic) bond motifs is 1. The lowest BCUT2D eigenvalue weighted by Gasteiger charge is -2.40. The Morgan fingerprint density at radius 2 is 2.00 bits per heavy atom. The van der Waals surface area contributed by atoms with E-state index < -0.39 is 0 Å². The second kappa shape index (κ2) is 6.28. The second-order valence-electron chi connectivity index (χ2n) is 6.38. The minimum Gasteiger partial charge on any atom is -0.392 e. The number of hydrogen-bond donors (Lipinski definition) is 1. The highest BCUT2D eigenvalue weighted by Crippen LogP contribution is 2.44. The highest BCUT2D eigenvalue weighted by atomic mass is 79.9.